The SMILES string of the molecule is CC(Sc1nnc(-c2ccccc2Cl)n1C)C(=O)Nc1cccc(Cl)c1Cl. The van der Waals surface area contributed by atoms with Crippen LogP contribution in [-0.4, -0.2) is 25.9 Å². The normalized spacial score (nSPS) is 12.0. The third-order valence-corrected chi connectivity index (χ3v) is 6.09. The predicted molar refractivity (Wildman–Crippen MR) is 112 cm³/mol. The van der Waals surface area contributed by atoms with Gasteiger partial charge in [-0.2, -0.15) is 0 Å². The number of amides is 1. The fraction of sp³-hybridized carbons (Fsp3) is 0.167. The zero-order valence-electron chi connectivity index (χ0n) is 14.4. The average molecular weight is 442 g/mol. The van der Waals surface area contributed by atoms with E-state index in [4.69, 9.17) is 34.8 Å². The molecule has 0 aliphatic rings. The summed E-state index contributed by atoms with van der Waals surface area (Å²) in [7, 11) is 1.83. The Morgan fingerprint density at radius 1 is 1.07 bits per heavy atom. The molecule has 0 aliphatic carbocycles. The Labute approximate surface area is 176 Å². The molecule has 1 heterocycles. The molecule has 1 atom stereocenters. The van der Waals surface area contributed by atoms with Crippen LogP contribution in [0.25, 0.3) is 11.4 Å². The molecule has 1 unspecified atom stereocenters. The molecule has 0 fully saturated rings. The molecule has 0 spiro atoms. The van der Waals surface area contributed by atoms with Crippen LogP contribution < -0.4 is 5.32 Å². The van der Waals surface area contributed by atoms with Gasteiger partial charge in [0.15, 0.2) is 11.0 Å². The number of aromatic nitrogens is 3. The van der Waals surface area contributed by atoms with E-state index in [1.54, 1.807) is 31.2 Å². The van der Waals surface area contributed by atoms with Crippen molar-refractivity contribution in [3.63, 3.8) is 0 Å². The van der Waals surface area contributed by atoms with Crippen LogP contribution in [0.15, 0.2) is 47.6 Å². The van der Waals surface area contributed by atoms with E-state index in [0.29, 0.717) is 31.7 Å². The summed E-state index contributed by atoms with van der Waals surface area (Å²) in [6.07, 6.45) is 0. The lowest BCUT2D eigenvalue weighted by Crippen LogP contribution is -2.23. The van der Waals surface area contributed by atoms with Gasteiger partial charge in [0, 0.05) is 12.6 Å². The highest BCUT2D eigenvalue weighted by Crippen LogP contribution is 2.32. The van der Waals surface area contributed by atoms with Crippen LogP contribution in [0.4, 0.5) is 5.69 Å². The summed E-state index contributed by atoms with van der Waals surface area (Å²) in [6.45, 7) is 1.78. The first-order valence-corrected chi connectivity index (χ1v) is 9.95. The number of halogens is 3. The molecular formula is C18H15Cl3N4OS. The first-order chi connectivity index (χ1) is 12.9. The van der Waals surface area contributed by atoms with Gasteiger partial charge in [-0.15, -0.1) is 10.2 Å². The quantitative estimate of drug-likeness (QED) is 0.526. The van der Waals surface area contributed by atoms with E-state index in [1.807, 2.05) is 29.8 Å². The highest BCUT2D eigenvalue weighted by atomic mass is 35.5. The van der Waals surface area contributed by atoms with Gasteiger partial charge in [-0.3, -0.25) is 4.79 Å². The summed E-state index contributed by atoms with van der Waals surface area (Å²) in [5, 5.41) is 12.6. The van der Waals surface area contributed by atoms with Crippen LogP contribution in [-0.2, 0) is 11.8 Å². The molecule has 0 saturated heterocycles. The molecule has 1 aromatic heterocycles. The van der Waals surface area contributed by atoms with Crippen LogP contribution in [0.5, 0.6) is 0 Å². The number of thioether (sulfide) groups is 1. The summed E-state index contributed by atoms with van der Waals surface area (Å²) in [6, 6.07) is 12.5. The highest BCUT2D eigenvalue weighted by Gasteiger charge is 2.21. The minimum Gasteiger partial charge on any atom is -0.324 e. The number of nitrogens with zero attached hydrogens (tertiary/aromatic N) is 3. The van der Waals surface area contributed by atoms with Gasteiger partial charge in [-0.05, 0) is 31.2 Å². The van der Waals surface area contributed by atoms with E-state index < -0.39 is 5.25 Å². The van der Waals surface area contributed by atoms with Crippen molar-refractivity contribution in [2.75, 3.05) is 5.32 Å². The molecule has 2 aromatic carbocycles. The summed E-state index contributed by atoms with van der Waals surface area (Å²) in [5.74, 6) is 0.417. The van der Waals surface area contributed by atoms with Gasteiger partial charge in [0.05, 0.1) is 26.0 Å². The van der Waals surface area contributed by atoms with Gasteiger partial charge in [-0.25, -0.2) is 0 Å². The zero-order valence-corrected chi connectivity index (χ0v) is 17.5. The Bertz CT molecular complexity index is 992. The molecular weight excluding hydrogens is 427 g/mol. The van der Waals surface area contributed by atoms with E-state index in [1.165, 1.54) is 11.8 Å². The van der Waals surface area contributed by atoms with Gasteiger partial charge in [0.25, 0.3) is 0 Å². The van der Waals surface area contributed by atoms with Crippen molar-refractivity contribution in [3.05, 3.63) is 57.5 Å². The van der Waals surface area contributed by atoms with Crippen molar-refractivity contribution in [1.82, 2.24) is 14.8 Å². The van der Waals surface area contributed by atoms with Crippen LogP contribution in [0, 0.1) is 0 Å². The van der Waals surface area contributed by atoms with Gasteiger partial charge in [0.2, 0.25) is 5.91 Å². The molecule has 5 nitrogen and oxygen atoms in total. The third kappa shape index (κ3) is 4.41. The molecule has 0 bridgehead atoms. The van der Waals surface area contributed by atoms with Gasteiger partial charge >= 0.3 is 0 Å². The number of hydrogen-bond acceptors (Lipinski definition) is 4. The Kier molecular flexibility index (Phi) is 6.32. The summed E-state index contributed by atoms with van der Waals surface area (Å²) >= 11 is 19.6. The van der Waals surface area contributed by atoms with Crippen LogP contribution in [0.3, 0.4) is 0 Å². The topological polar surface area (TPSA) is 59.8 Å². The van der Waals surface area contributed by atoms with E-state index in [9.17, 15) is 4.79 Å². The molecule has 0 aliphatic heterocycles. The van der Waals surface area contributed by atoms with Crippen LogP contribution >= 0.6 is 46.6 Å². The number of hydrogen-bond donors (Lipinski definition) is 1. The molecule has 3 aromatic rings. The summed E-state index contributed by atoms with van der Waals surface area (Å²) < 4.78 is 1.81. The fourth-order valence-electron chi connectivity index (χ4n) is 2.34. The molecule has 140 valence electrons. The lowest BCUT2D eigenvalue weighted by atomic mass is 10.2. The predicted octanol–water partition coefficient (Wildman–Crippen LogP) is 5.56. The zero-order chi connectivity index (χ0) is 19.6. The molecule has 1 N–H and O–H groups in total. The standard InChI is InChI=1S/C18H15Cl3N4OS/c1-10(17(26)22-14-9-5-8-13(20)15(14)21)27-18-24-23-16(25(18)2)11-6-3-4-7-12(11)19/h3-10H,1-2H3,(H,22,26). The first kappa shape index (κ1) is 20.0. The number of anilines is 1. The second-order valence-electron chi connectivity index (χ2n) is 5.70. The van der Waals surface area contributed by atoms with Crippen molar-refractivity contribution < 1.29 is 4.79 Å². The molecule has 0 radical (unpaired) electrons. The van der Waals surface area contributed by atoms with Crippen molar-refractivity contribution >= 4 is 58.2 Å². The Morgan fingerprint density at radius 3 is 2.52 bits per heavy atom. The Hall–Kier alpha value is -1.73. The monoisotopic (exact) mass is 440 g/mol. The summed E-state index contributed by atoms with van der Waals surface area (Å²) in [4.78, 5) is 12.5. The maximum Gasteiger partial charge on any atom is 0.237 e. The maximum atomic E-state index is 12.5. The second kappa shape index (κ2) is 8.52. The van der Waals surface area contributed by atoms with Gasteiger partial charge < -0.3 is 9.88 Å². The minimum atomic E-state index is -0.429. The number of benzene rings is 2. The minimum absolute atomic E-state index is 0.216. The fourth-order valence-corrected chi connectivity index (χ4v) is 3.72. The molecule has 1 amide bonds. The Balaban J connectivity index is 1.75. The van der Waals surface area contributed by atoms with Crippen LogP contribution in [0.2, 0.25) is 15.1 Å². The van der Waals surface area contributed by atoms with Gasteiger partial charge in [-0.1, -0.05) is 64.8 Å². The van der Waals surface area contributed by atoms with Crippen molar-refractivity contribution in [2.45, 2.75) is 17.3 Å². The van der Waals surface area contributed by atoms with E-state index in [-0.39, 0.29) is 5.91 Å². The highest BCUT2D eigenvalue weighted by molar-refractivity contribution is 8.00. The lowest BCUT2D eigenvalue weighted by Gasteiger charge is -2.13. The average Bonchev–Trinajstić information content (AvgIpc) is 3.00. The number of rotatable bonds is 5. The summed E-state index contributed by atoms with van der Waals surface area (Å²) in [5.41, 5.74) is 1.25. The van der Waals surface area contributed by atoms with Crippen molar-refractivity contribution in [2.24, 2.45) is 7.05 Å². The largest absolute Gasteiger partial charge is 0.324 e. The molecule has 9 heteroatoms. The molecule has 27 heavy (non-hydrogen) atoms. The smallest absolute Gasteiger partial charge is 0.237 e. The van der Waals surface area contributed by atoms with E-state index in [2.05, 4.69) is 15.5 Å². The lowest BCUT2D eigenvalue weighted by molar-refractivity contribution is -0.115. The molecule has 0 saturated carbocycles. The molecule has 3 rings (SSSR count). The van der Waals surface area contributed by atoms with E-state index >= 15 is 0 Å². The number of nitrogens with one attached hydrogen (secondary N) is 1. The van der Waals surface area contributed by atoms with E-state index in [0.717, 1.165) is 5.56 Å². The van der Waals surface area contributed by atoms with Crippen molar-refractivity contribution in [1.29, 1.82) is 0 Å². The van der Waals surface area contributed by atoms with Crippen molar-refractivity contribution in [3.8, 4) is 11.4 Å². The van der Waals surface area contributed by atoms with Crippen LogP contribution in [0.1, 0.15) is 6.92 Å². The second-order valence-corrected chi connectivity index (χ2v) is 8.20. The maximum absolute atomic E-state index is 12.5. The first-order valence-electron chi connectivity index (χ1n) is 7.94. The third-order valence-electron chi connectivity index (χ3n) is 3.81. The number of carbonyl (C=O) groups is 1. The van der Waals surface area contributed by atoms with Gasteiger partial charge in [0.1, 0.15) is 0 Å². The number of carbonyl (C=O) groups excluding carboxylic acids is 1. The Morgan fingerprint density at radius 2 is 1.78 bits per heavy atom.